The van der Waals surface area contributed by atoms with E-state index in [9.17, 15) is 0 Å². The van der Waals surface area contributed by atoms with Crippen molar-refractivity contribution < 1.29 is 0 Å². The molecule has 2 nitrogen and oxygen atoms in total. The van der Waals surface area contributed by atoms with Crippen LogP contribution in [0.5, 0.6) is 0 Å². The van der Waals surface area contributed by atoms with Crippen LogP contribution in [-0.2, 0) is 0 Å². The molecule has 0 amide bonds. The molecule has 2 aromatic carbocycles. The van der Waals surface area contributed by atoms with Gasteiger partial charge in [0.15, 0.2) is 0 Å². The average molecular weight is 276 g/mol. The van der Waals surface area contributed by atoms with E-state index in [4.69, 9.17) is 5.73 Å². The van der Waals surface area contributed by atoms with E-state index in [0.29, 0.717) is 0 Å². The normalized spacial score (nSPS) is 20.5. The van der Waals surface area contributed by atoms with Gasteiger partial charge in [-0.25, -0.2) is 0 Å². The van der Waals surface area contributed by atoms with Crippen LogP contribution in [0.1, 0.15) is 30.4 Å². The number of hydrogen-bond donors (Lipinski definition) is 1. The quantitative estimate of drug-likeness (QED) is 0.781. The van der Waals surface area contributed by atoms with Crippen molar-refractivity contribution in [3.05, 3.63) is 59.7 Å². The van der Waals surface area contributed by atoms with Crippen molar-refractivity contribution in [3.8, 4) is 0 Å². The molecule has 1 aliphatic heterocycles. The van der Waals surface area contributed by atoms with E-state index in [-0.39, 0.29) is 6.04 Å². The lowest BCUT2D eigenvalue weighted by Gasteiger charge is -2.25. The second kappa shape index (κ2) is 4.74. The smallest absolute Gasteiger partial charge is 0.0484 e. The maximum absolute atomic E-state index is 6.26. The van der Waals surface area contributed by atoms with Crippen molar-refractivity contribution in [1.29, 1.82) is 0 Å². The Morgan fingerprint density at radius 2 is 1.48 bits per heavy atom. The second-order valence-corrected chi connectivity index (χ2v) is 6.05. The van der Waals surface area contributed by atoms with Gasteiger partial charge in [0, 0.05) is 35.6 Å². The van der Waals surface area contributed by atoms with E-state index in [1.807, 2.05) is 0 Å². The highest BCUT2D eigenvalue weighted by Crippen LogP contribution is 2.47. The molecular formula is C19H20N2. The summed E-state index contributed by atoms with van der Waals surface area (Å²) in [4.78, 5) is 2.31. The number of allylic oxidation sites excluding steroid dienone is 1. The monoisotopic (exact) mass is 276 g/mol. The van der Waals surface area contributed by atoms with Crippen molar-refractivity contribution in [2.24, 2.45) is 5.73 Å². The summed E-state index contributed by atoms with van der Waals surface area (Å²) in [6.07, 6.45) is 3.14. The number of benzene rings is 2. The first-order valence-corrected chi connectivity index (χ1v) is 7.66. The minimum atomic E-state index is 0.285. The molecular weight excluding hydrogens is 256 g/mol. The van der Waals surface area contributed by atoms with Crippen LogP contribution in [0.2, 0.25) is 0 Å². The molecule has 2 aliphatic rings. The molecule has 1 heterocycles. The Morgan fingerprint density at radius 3 is 2.14 bits per heavy atom. The number of nitrogens with zero attached hydrogens (tertiary/aromatic N) is 1. The average Bonchev–Trinajstić information content (AvgIpc) is 2.63. The number of anilines is 2. The molecule has 0 saturated carbocycles. The Hall–Kier alpha value is -2.06. The molecule has 1 unspecified atom stereocenters. The Labute approximate surface area is 125 Å². The van der Waals surface area contributed by atoms with Gasteiger partial charge in [-0.15, -0.1) is 0 Å². The zero-order chi connectivity index (χ0) is 14.4. The van der Waals surface area contributed by atoms with Crippen LogP contribution in [0.3, 0.4) is 0 Å². The highest BCUT2D eigenvalue weighted by Gasteiger charge is 2.28. The van der Waals surface area contributed by atoms with Crippen LogP contribution in [0.15, 0.2) is 48.5 Å². The predicted octanol–water partition coefficient (Wildman–Crippen LogP) is 4.19. The standard InChI is InChI=1S/C19H20N2/c1-21-18-8-4-2-6-15(18)14-11-10-13(20)12-17(14)16-7-3-5-9-19(16)21/h2-9,13H,10-12,20H2,1H3. The summed E-state index contributed by atoms with van der Waals surface area (Å²) in [5.41, 5.74) is 14.5. The highest BCUT2D eigenvalue weighted by atomic mass is 15.1. The lowest BCUT2D eigenvalue weighted by molar-refractivity contribution is 0.624. The van der Waals surface area contributed by atoms with Crippen molar-refractivity contribution in [2.75, 3.05) is 11.9 Å². The zero-order valence-electron chi connectivity index (χ0n) is 12.3. The minimum absolute atomic E-state index is 0.285. The van der Waals surface area contributed by atoms with E-state index in [1.165, 1.54) is 33.6 Å². The first kappa shape index (κ1) is 12.7. The van der Waals surface area contributed by atoms with Crippen LogP contribution in [0.4, 0.5) is 11.4 Å². The second-order valence-electron chi connectivity index (χ2n) is 6.05. The molecule has 4 rings (SSSR count). The summed E-state index contributed by atoms with van der Waals surface area (Å²) in [5, 5.41) is 0. The lowest BCUT2D eigenvalue weighted by Crippen LogP contribution is -2.23. The number of hydrogen-bond acceptors (Lipinski definition) is 2. The Kier molecular flexibility index (Phi) is 2.86. The Bertz CT molecular complexity index is 730. The summed E-state index contributed by atoms with van der Waals surface area (Å²) in [5.74, 6) is 0. The van der Waals surface area contributed by atoms with Crippen LogP contribution < -0.4 is 10.6 Å². The molecule has 21 heavy (non-hydrogen) atoms. The molecule has 0 saturated heterocycles. The van der Waals surface area contributed by atoms with Crippen molar-refractivity contribution in [2.45, 2.75) is 25.3 Å². The highest BCUT2D eigenvalue weighted by molar-refractivity contribution is 6.01. The van der Waals surface area contributed by atoms with Gasteiger partial charge in [-0.1, -0.05) is 36.4 Å². The third kappa shape index (κ3) is 1.90. The summed E-state index contributed by atoms with van der Waals surface area (Å²) in [6, 6.07) is 17.7. The Morgan fingerprint density at radius 1 is 0.905 bits per heavy atom. The van der Waals surface area contributed by atoms with Crippen molar-refractivity contribution >= 4 is 22.5 Å². The predicted molar refractivity (Wildman–Crippen MR) is 89.6 cm³/mol. The number of rotatable bonds is 0. The fraction of sp³-hybridized carbons (Fsp3) is 0.263. The van der Waals surface area contributed by atoms with Gasteiger partial charge in [-0.2, -0.15) is 0 Å². The molecule has 0 fully saturated rings. The van der Waals surface area contributed by atoms with E-state index in [2.05, 4.69) is 60.5 Å². The summed E-state index contributed by atoms with van der Waals surface area (Å²) >= 11 is 0. The van der Waals surface area contributed by atoms with Gasteiger partial charge < -0.3 is 10.6 Å². The number of fused-ring (bicyclic) bond motifs is 4. The first-order chi connectivity index (χ1) is 10.3. The lowest BCUT2D eigenvalue weighted by atomic mass is 9.82. The fourth-order valence-corrected chi connectivity index (χ4v) is 3.71. The van der Waals surface area contributed by atoms with E-state index >= 15 is 0 Å². The molecule has 0 aromatic heterocycles. The van der Waals surface area contributed by atoms with Crippen LogP contribution in [0, 0.1) is 0 Å². The molecule has 106 valence electrons. The summed E-state index contributed by atoms with van der Waals surface area (Å²) < 4.78 is 0. The molecule has 0 bridgehead atoms. The largest absolute Gasteiger partial charge is 0.344 e. The van der Waals surface area contributed by atoms with Crippen LogP contribution in [-0.4, -0.2) is 13.1 Å². The van der Waals surface area contributed by atoms with E-state index < -0.39 is 0 Å². The maximum atomic E-state index is 6.26. The maximum Gasteiger partial charge on any atom is 0.0484 e. The SMILES string of the molecule is CN1c2ccccc2C2=C(CC(N)CC2)c2ccccc21. The van der Waals surface area contributed by atoms with E-state index in [1.54, 1.807) is 0 Å². The van der Waals surface area contributed by atoms with Crippen molar-refractivity contribution in [3.63, 3.8) is 0 Å². The minimum Gasteiger partial charge on any atom is -0.344 e. The van der Waals surface area contributed by atoms with E-state index in [0.717, 1.165) is 19.3 Å². The molecule has 2 heteroatoms. The molecule has 1 atom stereocenters. The molecule has 1 aliphatic carbocycles. The van der Waals surface area contributed by atoms with Crippen LogP contribution >= 0.6 is 0 Å². The topological polar surface area (TPSA) is 29.3 Å². The number of nitrogens with two attached hydrogens (primary N) is 1. The van der Waals surface area contributed by atoms with Gasteiger partial charge in [0.2, 0.25) is 0 Å². The number of para-hydroxylation sites is 2. The molecule has 2 N–H and O–H groups in total. The molecule has 2 aromatic rings. The van der Waals surface area contributed by atoms with Gasteiger partial charge in [0.05, 0.1) is 0 Å². The summed E-state index contributed by atoms with van der Waals surface area (Å²) in [6.45, 7) is 0. The van der Waals surface area contributed by atoms with Gasteiger partial charge in [-0.05, 0) is 42.5 Å². The third-order valence-corrected chi connectivity index (χ3v) is 4.78. The van der Waals surface area contributed by atoms with Gasteiger partial charge in [0.1, 0.15) is 0 Å². The first-order valence-electron chi connectivity index (χ1n) is 7.66. The van der Waals surface area contributed by atoms with Crippen molar-refractivity contribution in [1.82, 2.24) is 0 Å². The van der Waals surface area contributed by atoms with Crippen LogP contribution in [0.25, 0.3) is 11.1 Å². The zero-order valence-corrected chi connectivity index (χ0v) is 12.3. The van der Waals surface area contributed by atoms with Gasteiger partial charge in [0.25, 0.3) is 0 Å². The Balaban J connectivity index is 2.05. The van der Waals surface area contributed by atoms with Gasteiger partial charge in [-0.3, -0.25) is 0 Å². The molecule has 0 spiro atoms. The summed E-state index contributed by atoms with van der Waals surface area (Å²) in [7, 11) is 2.16. The van der Waals surface area contributed by atoms with Gasteiger partial charge >= 0.3 is 0 Å². The fourth-order valence-electron chi connectivity index (χ4n) is 3.71. The molecule has 0 radical (unpaired) electrons. The third-order valence-electron chi connectivity index (χ3n) is 4.78.